The fraction of sp³-hybridized carbons (Fsp3) is 0.136. The maximum atomic E-state index is 12.4. The number of carbonyl (C=O) groups excluding carboxylic acids is 1. The van der Waals surface area contributed by atoms with Gasteiger partial charge >= 0.3 is 0 Å². The van der Waals surface area contributed by atoms with Gasteiger partial charge < -0.3 is 11.1 Å². The predicted molar refractivity (Wildman–Crippen MR) is 104 cm³/mol. The molecule has 0 atom stereocenters. The van der Waals surface area contributed by atoms with Gasteiger partial charge in [-0.05, 0) is 60.7 Å². The summed E-state index contributed by atoms with van der Waals surface area (Å²) in [4.78, 5) is 12.4. The van der Waals surface area contributed by atoms with Crippen molar-refractivity contribution in [1.29, 1.82) is 0 Å². The van der Waals surface area contributed by atoms with Gasteiger partial charge in [0.15, 0.2) is 0 Å². The number of nitrogens with one attached hydrogen (secondary N) is 1. The number of amides is 1. The number of benzene rings is 3. The Bertz CT molecular complexity index is 855. The minimum absolute atomic E-state index is 0.122. The van der Waals surface area contributed by atoms with Crippen LogP contribution in [0, 0.1) is 6.92 Å². The molecule has 0 spiro atoms. The Morgan fingerprint density at radius 1 is 0.880 bits per heavy atom. The van der Waals surface area contributed by atoms with E-state index in [9.17, 15) is 4.79 Å². The molecule has 3 heteroatoms. The van der Waals surface area contributed by atoms with Crippen LogP contribution in [0.5, 0.6) is 0 Å². The van der Waals surface area contributed by atoms with Crippen LogP contribution < -0.4 is 11.1 Å². The maximum absolute atomic E-state index is 12.4. The van der Waals surface area contributed by atoms with Crippen LogP contribution in [0.4, 0.5) is 11.4 Å². The molecule has 0 fully saturated rings. The summed E-state index contributed by atoms with van der Waals surface area (Å²) in [7, 11) is 0. The van der Waals surface area contributed by atoms with Crippen LogP contribution >= 0.6 is 0 Å². The lowest BCUT2D eigenvalue weighted by Crippen LogP contribution is -2.13. The van der Waals surface area contributed by atoms with E-state index in [1.165, 1.54) is 11.1 Å². The molecule has 0 aliphatic rings. The molecule has 0 radical (unpaired) electrons. The summed E-state index contributed by atoms with van der Waals surface area (Å²) >= 11 is 0. The van der Waals surface area contributed by atoms with Crippen molar-refractivity contribution in [3.8, 4) is 0 Å². The molecule has 3 nitrogen and oxygen atoms in total. The molecule has 0 aliphatic carbocycles. The van der Waals surface area contributed by atoms with Crippen LogP contribution in [-0.2, 0) is 12.8 Å². The van der Waals surface area contributed by atoms with Crippen molar-refractivity contribution >= 4 is 17.3 Å². The number of carbonyl (C=O) groups is 1. The van der Waals surface area contributed by atoms with Gasteiger partial charge in [0.1, 0.15) is 0 Å². The van der Waals surface area contributed by atoms with Crippen LogP contribution in [0.25, 0.3) is 0 Å². The molecule has 0 unspecified atom stereocenters. The highest BCUT2D eigenvalue weighted by Crippen LogP contribution is 2.19. The van der Waals surface area contributed by atoms with Crippen molar-refractivity contribution in [2.75, 3.05) is 11.1 Å². The van der Waals surface area contributed by atoms with Crippen molar-refractivity contribution in [1.82, 2.24) is 0 Å². The minimum Gasteiger partial charge on any atom is -0.399 e. The van der Waals surface area contributed by atoms with Gasteiger partial charge in [0.2, 0.25) is 0 Å². The van der Waals surface area contributed by atoms with E-state index in [0.29, 0.717) is 11.3 Å². The Morgan fingerprint density at radius 3 is 2.20 bits per heavy atom. The van der Waals surface area contributed by atoms with Crippen LogP contribution in [0.15, 0.2) is 72.8 Å². The first kappa shape index (κ1) is 16.8. The number of rotatable bonds is 5. The zero-order valence-electron chi connectivity index (χ0n) is 14.3. The lowest BCUT2D eigenvalue weighted by Gasteiger charge is -2.10. The number of hydrogen-bond donors (Lipinski definition) is 2. The highest BCUT2D eigenvalue weighted by Gasteiger charge is 2.08. The topological polar surface area (TPSA) is 55.1 Å². The van der Waals surface area contributed by atoms with E-state index in [0.717, 1.165) is 24.1 Å². The lowest BCUT2D eigenvalue weighted by atomic mass is 10.0. The van der Waals surface area contributed by atoms with Gasteiger partial charge in [0.05, 0.1) is 0 Å². The Labute approximate surface area is 148 Å². The zero-order chi connectivity index (χ0) is 17.6. The third-order valence-corrected chi connectivity index (χ3v) is 4.27. The minimum atomic E-state index is -0.122. The van der Waals surface area contributed by atoms with E-state index in [2.05, 4.69) is 29.6 Å². The molecule has 0 aromatic heterocycles. The van der Waals surface area contributed by atoms with Gasteiger partial charge in [0.25, 0.3) is 5.91 Å². The summed E-state index contributed by atoms with van der Waals surface area (Å²) in [6.45, 7) is 1.95. The van der Waals surface area contributed by atoms with E-state index in [4.69, 9.17) is 5.73 Å². The van der Waals surface area contributed by atoms with Crippen molar-refractivity contribution < 1.29 is 4.79 Å². The summed E-state index contributed by atoms with van der Waals surface area (Å²) in [5.74, 6) is -0.122. The molecule has 0 aliphatic heterocycles. The van der Waals surface area contributed by atoms with E-state index in [-0.39, 0.29) is 5.91 Å². The number of aryl methyl sites for hydroxylation is 3. The second-order valence-electron chi connectivity index (χ2n) is 6.21. The first-order valence-electron chi connectivity index (χ1n) is 8.42. The van der Waals surface area contributed by atoms with Crippen molar-refractivity contribution in [3.63, 3.8) is 0 Å². The molecule has 3 N–H and O–H groups in total. The molecular formula is C22H22N2O. The molecule has 3 rings (SSSR count). The van der Waals surface area contributed by atoms with Crippen LogP contribution in [0.1, 0.15) is 27.0 Å². The third kappa shape index (κ3) is 4.48. The van der Waals surface area contributed by atoms with Crippen LogP contribution in [0.2, 0.25) is 0 Å². The Hall–Kier alpha value is -3.07. The third-order valence-electron chi connectivity index (χ3n) is 4.27. The van der Waals surface area contributed by atoms with E-state index < -0.39 is 0 Å². The second-order valence-corrected chi connectivity index (χ2v) is 6.21. The Kier molecular flexibility index (Phi) is 5.14. The van der Waals surface area contributed by atoms with Gasteiger partial charge in [-0.15, -0.1) is 0 Å². The molecule has 25 heavy (non-hydrogen) atoms. The van der Waals surface area contributed by atoms with Gasteiger partial charge in [-0.2, -0.15) is 0 Å². The van der Waals surface area contributed by atoms with Crippen molar-refractivity contribution in [2.24, 2.45) is 0 Å². The maximum Gasteiger partial charge on any atom is 0.255 e. The largest absolute Gasteiger partial charge is 0.399 e. The van der Waals surface area contributed by atoms with E-state index in [1.807, 2.05) is 49.4 Å². The average molecular weight is 330 g/mol. The summed E-state index contributed by atoms with van der Waals surface area (Å²) in [6, 6.07) is 23.7. The van der Waals surface area contributed by atoms with Crippen LogP contribution in [0.3, 0.4) is 0 Å². The molecule has 3 aromatic carbocycles. The van der Waals surface area contributed by atoms with Crippen molar-refractivity contribution in [3.05, 3.63) is 95.1 Å². The highest BCUT2D eigenvalue weighted by atomic mass is 16.1. The normalized spacial score (nSPS) is 10.4. The molecule has 0 heterocycles. The monoisotopic (exact) mass is 330 g/mol. The fourth-order valence-electron chi connectivity index (χ4n) is 2.72. The van der Waals surface area contributed by atoms with Gasteiger partial charge in [-0.25, -0.2) is 0 Å². The number of hydrogen-bond acceptors (Lipinski definition) is 2. The molecule has 0 saturated heterocycles. The standard InChI is InChI=1S/C22H22N2O/c1-16-7-14-20(23)15-21(16)24-22(25)19-12-10-18(11-13-19)9-8-17-5-3-2-4-6-17/h2-7,10-15H,8-9,23H2,1H3,(H,24,25). The van der Waals surface area contributed by atoms with Gasteiger partial charge in [0, 0.05) is 16.9 Å². The average Bonchev–Trinajstić information content (AvgIpc) is 2.64. The van der Waals surface area contributed by atoms with Gasteiger partial charge in [-0.3, -0.25) is 4.79 Å². The van der Waals surface area contributed by atoms with Crippen LogP contribution in [-0.4, -0.2) is 5.91 Å². The summed E-state index contributed by atoms with van der Waals surface area (Å²) in [5, 5.41) is 2.93. The second kappa shape index (κ2) is 7.67. The molecule has 3 aromatic rings. The molecule has 1 amide bonds. The van der Waals surface area contributed by atoms with E-state index >= 15 is 0 Å². The fourth-order valence-corrected chi connectivity index (χ4v) is 2.72. The zero-order valence-corrected chi connectivity index (χ0v) is 14.3. The lowest BCUT2D eigenvalue weighted by molar-refractivity contribution is 0.102. The predicted octanol–water partition coefficient (Wildman–Crippen LogP) is 4.61. The summed E-state index contributed by atoms with van der Waals surface area (Å²) in [6.07, 6.45) is 1.95. The SMILES string of the molecule is Cc1ccc(N)cc1NC(=O)c1ccc(CCc2ccccc2)cc1. The number of nitrogens with two attached hydrogens (primary N) is 1. The smallest absolute Gasteiger partial charge is 0.255 e. The number of anilines is 2. The number of nitrogen functional groups attached to an aromatic ring is 1. The molecule has 0 bridgehead atoms. The van der Waals surface area contributed by atoms with E-state index in [1.54, 1.807) is 6.07 Å². The molecular weight excluding hydrogens is 308 g/mol. The Balaban J connectivity index is 1.63. The quantitative estimate of drug-likeness (QED) is 0.671. The van der Waals surface area contributed by atoms with Crippen molar-refractivity contribution in [2.45, 2.75) is 19.8 Å². The first-order chi connectivity index (χ1) is 12.1. The molecule has 0 saturated carbocycles. The van der Waals surface area contributed by atoms with Gasteiger partial charge in [-0.1, -0.05) is 48.5 Å². The first-order valence-corrected chi connectivity index (χ1v) is 8.42. The summed E-state index contributed by atoms with van der Waals surface area (Å²) < 4.78 is 0. The highest BCUT2D eigenvalue weighted by molar-refractivity contribution is 6.04. The Morgan fingerprint density at radius 2 is 1.52 bits per heavy atom. The summed E-state index contributed by atoms with van der Waals surface area (Å²) in [5.41, 5.74) is 11.4. The molecule has 126 valence electrons.